The van der Waals surface area contributed by atoms with E-state index in [2.05, 4.69) is 13.8 Å². The van der Waals surface area contributed by atoms with Gasteiger partial charge in [-0.1, -0.05) is 41.5 Å². The standard InChI is InChI=1S/C9H18F2.CH3F.2CH4/c1-4-8(5-2)6-7-9(3,10)11;1-2;;/h8H,4-7H2,1-3H3;1H3;2*1H4. The van der Waals surface area contributed by atoms with E-state index in [-0.39, 0.29) is 21.3 Å². The van der Waals surface area contributed by atoms with Crippen LogP contribution >= 0.6 is 0 Å². The fourth-order valence-corrected chi connectivity index (χ4v) is 1.15. The molecular formula is C12H29F3. The molecule has 0 bridgehead atoms. The monoisotopic (exact) mass is 230 g/mol. The summed E-state index contributed by atoms with van der Waals surface area (Å²) in [6, 6.07) is 0. The molecule has 0 aromatic heterocycles. The van der Waals surface area contributed by atoms with Crippen LogP contribution in [0.15, 0.2) is 0 Å². The minimum Gasteiger partial charge on any atom is -0.255 e. The molecule has 0 fully saturated rings. The minimum absolute atomic E-state index is 0. The van der Waals surface area contributed by atoms with Gasteiger partial charge in [0, 0.05) is 6.42 Å². The zero-order valence-corrected chi connectivity index (χ0v) is 9.04. The van der Waals surface area contributed by atoms with Crippen molar-refractivity contribution >= 4 is 0 Å². The summed E-state index contributed by atoms with van der Waals surface area (Å²) >= 11 is 0. The zero-order valence-electron chi connectivity index (χ0n) is 9.04. The average Bonchev–Trinajstić information content (AvgIpc) is 2.08. The lowest BCUT2D eigenvalue weighted by atomic mass is 9.96. The van der Waals surface area contributed by atoms with Gasteiger partial charge in [0.15, 0.2) is 0 Å². The first-order valence-corrected chi connectivity index (χ1v) is 4.75. The Labute approximate surface area is 94.3 Å². The summed E-state index contributed by atoms with van der Waals surface area (Å²) in [6.45, 7) is 5.11. The molecule has 0 heterocycles. The fourth-order valence-electron chi connectivity index (χ4n) is 1.15. The molecule has 98 valence electrons. The SMILES string of the molecule is C.C.CCC(CC)CCC(C)(F)F.CF. The molecule has 0 aliphatic carbocycles. The topological polar surface area (TPSA) is 0 Å². The lowest BCUT2D eigenvalue weighted by Crippen LogP contribution is -2.11. The van der Waals surface area contributed by atoms with Crippen molar-refractivity contribution in [2.45, 2.75) is 67.2 Å². The van der Waals surface area contributed by atoms with E-state index < -0.39 is 5.92 Å². The van der Waals surface area contributed by atoms with Crippen molar-refractivity contribution in [3.05, 3.63) is 0 Å². The second-order valence-corrected chi connectivity index (χ2v) is 3.29. The molecule has 0 nitrogen and oxygen atoms in total. The number of hydrogen-bond acceptors (Lipinski definition) is 0. The van der Waals surface area contributed by atoms with Crippen LogP contribution in [0.1, 0.15) is 61.3 Å². The molecule has 0 amide bonds. The van der Waals surface area contributed by atoms with Crippen molar-refractivity contribution < 1.29 is 13.2 Å². The van der Waals surface area contributed by atoms with Crippen LogP contribution in [0, 0.1) is 5.92 Å². The normalized spacial score (nSPS) is 9.60. The Morgan fingerprint density at radius 3 is 1.53 bits per heavy atom. The maximum atomic E-state index is 12.4. The first-order chi connectivity index (χ1) is 5.99. The predicted octanol–water partition coefficient (Wildman–Crippen LogP) is 5.72. The van der Waals surface area contributed by atoms with Crippen LogP contribution in [0.3, 0.4) is 0 Å². The van der Waals surface area contributed by atoms with E-state index in [0.29, 0.717) is 19.5 Å². The molecule has 0 saturated carbocycles. The summed E-state index contributed by atoms with van der Waals surface area (Å²) in [7, 11) is 0.500. The molecule has 0 radical (unpaired) electrons. The number of alkyl halides is 3. The summed E-state index contributed by atoms with van der Waals surface area (Å²) in [6.07, 6.45) is 2.75. The van der Waals surface area contributed by atoms with E-state index in [1.54, 1.807) is 0 Å². The van der Waals surface area contributed by atoms with Crippen LogP contribution in [0.5, 0.6) is 0 Å². The minimum atomic E-state index is -2.47. The van der Waals surface area contributed by atoms with Gasteiger partial charge in [-0.15, -0.1) is 0 Å². The average molecular weight is 230 g/mol. The maximum absolute atomic E-state index is 12.4. The van der Waals surface area contributed by atoms with Gasteiger partial charge in [0.1, 0.15) is 0 Å². The quantitative estimate of drug-likeness (QED) is 0.567. The van der Waals surface area contributed by atoms with Gasteiger partial charge >= 0.3 is 0 Å². The summed E-state index contributed by atoms with van der Waals surface area (Å²) in [5.74, 6) is -1.98. The molecule has 0 atom stereocenters. The largest absolute Gasteiger partial charge is 0.255 e. The molecule has 0 aliphatic heterocycles. The predicted molar refractivity (Wildman–Crippen MR) is 64.4 cm³/mol. The van der Waals surface area contributed by atoms with Crippen molar-refractivity contribution in [3.8, 4) is 0 Å². The van der Waals surface area contributed by atoms with Crippen molar-refractivity contribution in [2.75, 3.05) is 7.18 Å². The molecule has 0 aromatic rings. The van der Waals surface area contributed by atoms with E-state index in [1.165, 1.54) is 0 Å². The third-order valence-corrected chi connectivity index (χ3v) is 2.15. The van der Waals surface area contributed by atoms with Gasteiger partial charge in [-0.25, -0.2) is 8.78 Å². The van der Waals surface area contributed by atoms with Crippen LogP contribution in [0.4, 0.5) is 13.2 Å². The molecule has 0 spiro atoms. The van der Waals surface area contributed by atoms with Gasteiger partial charge in [-0.3, -0.25) is 4.39 Å². The van der Waals surface area contributed by atoms with E-state index in [0.717, 1.165) is 19.8 Å². The summed E-state index contributed by atoms with van der Waals surface area (Å²) in [5, 5.41) is 0. The maximum Gasteiger partial charge on any atom is 0.245 e. The molecule has 0 unspecified atom stereocenters. The first-order valence-electron chi connectivity index (χ1n) is 4.75. The van der Waals surface area contributed by atoms with Crippen molar-refractivity contribution in [3.63, 3.8) is 0 Å². The van der Waals surface area contributed by atoms with E-state index in [9.17, 15) is 13.2 Å². The Hall–Kier alpha value is -0.210. The Kier molecular flexibility index (Phi) is 22.2. The highest BCUT2D eigenvalue weighted by Gasteiger charge is 2.21. The number of rotatable bonds is 5. The molecule has 0 aliphatic rings. The van der Waals surface area contributed by atoms with Crippen molar-refractivity contribution in [1.82, 2.24) is 0 Å². The number of halogens is 3. The second kappa shape index (κ2) is 13.8. The van der Waals surface area contributed by atoms with Crippen LogP contribution in [-0.4, -0.2) is 13.1 Å². The third-order valence-electron chi connectivity index (χ3n) is 2.15. The van der Waals surface area contributed by atoms with E-state index in [4.69, 9.17) is 0 Å². The highest BCUT2D eigenvalue weighted by atomic mass is 19.3. The Morgan fingerprint density at radius 1 is 1.00 bits per heavy atom. The molecular weight excluding hydrogens is 201 g/mol. The van der Waals surface area contributed by atoms with Gasteiger partial charge in [0.2, 0.25) is 5.92 Å². The molecule has 0 N–H and O–H groups in total. The van der Waals surface area contributed by atoms with Gasteiger partial charge in [-0.05, 0) is 19.3 Å². The third kappa shape index (κ3) is 20.0. The molecule has 0 aromatic carbocycles. The fraction of sp³-hybridized carbons (Fsp3) is 1.00. The van der Waals surface area contributed by atoms with Crippen molar-refractivity contribution in [1.29, 1.82) is 0 Å². The van der Waals surface area contributed by atoms with Crippen LogP contribution in [-0.2, 0) is 0 Å². The molecule has 0 saturated heterocycles. The van der Waals surface area contributed by atoms with Gasteiger partial charge in [0.05, 0.1) is 7.18 Å². The molecule has 3 heteroatoms. The van der Waals surface area contributed by atoms with Crippen LogP contribution in [0.25, 0.3) is 0 Å². The lowest BCUT2D eigenvalue weighted by Gasteiger charge is -2.15. The molecule has 15 heavy (non-hydrogen) atoms. The Balaban J connectivity index is -0.000000142. The van der Waals surface area contributed by atoms with E-state index in [1.807, 2.05) is 0 Å². The van der Waals surface area contributed by atoms with Crippen molar-refractivity contribution in [2.24, 2.45) is 5.92 Å². The van der Waals surface area contributed by atoms with Gasteiger partial charge in [-0.2, -0.15) is 0 Å². The molecule has 0 rings (SSSR count). The highest BCUT2D eigenvalue weighted by molar-refractivity contribution is 4.62. The van der Waals surface area contributed by atoms with Gasteiger partial charge < -0.3 is 0 Å². The second-order valence-electron chi connectivity index (χ2n) is 3.29. The first kappa shape index (κ1) is 24.2. The summed E-state index contributed by atoms with van der Waals surface area (Å²) < 4.78 is 34.2. The van der Waals surface area contributed by atoms with Crippen LogP contribution in [0.2, 0.25) is 0 Å². The zero-order chi connectivity index (χ0) is 10.9. The van der Waals surface area contributed by atoms with Crippen LogP contribution < -0.4 is 0 Å². The highest BCUT2D eigenvalue weighted by Crippen LogP contribution is 2.24. The van der Waals surface area contributed by atoms with Gasteiger partial charge in [0.25, 0.3) is 0 Å². The smallest absolute Gasteiger partial charge is 0.245 e. The number of hydrogen-bond donors (Lipinski definition) is 0. The Morgan fingerprint density at radius 2 is 1.33 bits per heavy atom. The summed E-state index contributed by atoms with van der Waals surface area (Å²) in [4.78, 5) is 0. The lowest BCUT2D eigenvalue weighted by molar-refractivity contribution is 0.00634. The summed E-state index contributed by atoms with van der Waals surface area (Å²) in [5.41, 5.74) is 0. The van der Waals surface area contributed by atoms with E-state index >= 15 is 0 Å². The Bertz CT molecular complexity index is 93.5.